The summed E-state index contributed by atoms with van der Waals surface area (Å²) in [5, 5.41) is 0. The molecule has 0 spiro atoms. The molecule has 0 amide bonds. The van der Waals surface area contributed by atoms with Crippen molar-refractivity contribution in [2.24, 2.45) is 17.6 Å². The number of rotatable bonds is 4. The van der Waals surface area contributed by atoms with Crippen molar-refractivity contribution in [2.75, 3.05) is 19.6 Å². The van der Waals surface area contributed by atoms with E-state index in [1.165, 1.54) is 34.8 Å². The molecule has 2 heterocycles. The molecule has 2 atom stereocenters. The Balaban J connectivity index is 2.13. The van der Waals surface area contributed by atoms with E-state index in [1.807, 2.05) is 11.3 Å². The van der Waals surface area contributed by atoms with E-state index in [0.29, 0.717) is 6.04 Å². The highest BCUT2D eigenvalue weighted by Gasteiger charge is 2.30. The van der Waals surface area contributed by atoms with E-state index in [-0.39, 0.29) is 0 Å². The normalized spacial score (nSPS) is 22.9. The highest BCUT2D eigenvalue weighted by molar-refractivity contribution is 7.12. The molecule has 18 heavy (non-hydrogen) atoms. The molecule has 1 saturated heterocycles. The summed E-state index contributed by atoms with van der Waals surface area (Å²) in [6.45, 7) is 12.3. The van der Waals surface area contributed by atoms with Gasteiger partial charge in [0.25, 0.3) is 0 Å². The van der Waals surface area contributed by atoms with E-state index in [4.69, 9.17) is 5.73 Å². The molecule has 1 aliphatic rings. The van der Waals surface area contributed by atoms with Crippen LogP contribution in [0.2, 0.25) is 0 Å². The fraction of sp³-hybridized carbons (Fsp3) is 0.733. The Morgan fingerprint density at radius 3 is 2.61 bits per heavy atom. The Labute approximate surface area is 115 Å². The van der Waals surface area contributed by atoms with Gasteiger partial charge in [0, 0.05) is 28.9 Å². The number of likely N-dealkylation sites (tertiary alicyclic amines) is 1. The number of nitrogens with two attached hydrogens (primary N) is 1. The van der Waals surface area contributed by atoms with Crippen LogP contribution in [0.5, 0.6) is 0 Å². The molecule has 0 saturated carbocycles. The summed E-state index contributed by atoms with van der Waals surface area (Å²) in [6.07, 6.45) is 1.33. The second kappa shape index (κ2) is 5.72. The Bertz CT molecular complexity index is 397. The van der Waals surface area contributed by atoms with Crippen LogP contribution >= 0.6 is 11.3 Å². The maximum absolute atomic E-state index is 6.05. The molecule has 0 aliphatic carbocycles. The van der Waals surface area contributed by atoms with Gasteiger partial charge in [0.2, 0.25) is 0 Å². The van der Waals surface area contributed by atoms with Crippen molar-refractivity contribution in [1.29, 1.82) is 0 Å². The summed E-state index contributed by atoms with van der Waals surface area (Å²) >= 11 is 1.90. The maximum Gasteiger partial charge on any atom is 0.0481 e. The number of nitrogens with zero attached hydrogens (tertiary/aromatic N) is 1. The van der Waals surface area contributed by atoms with Crippen molar-refractivity contribution in [3.63, 3.8) is 0 Å². The van der Waals surface area contributed by atoms with Crippen molar-refractivity contribution in [3.05, 3.63) is 21.4 Å². The summed E-state index contributed by atoms with van der Waals surface area (Å²) in [5.41, 5.74) is 7.51. The Hall–Kier alpha value is -0.380. The quantitative estimate of drug-likeness (QED) is 0.905. The minimum atomic E-state index is 0.429. The average Bonchev–Trinajstić information content (AvgIpc) is 2.88. The second-order valence-electron chi connectivity index (χ2n) is 5.91. The number of thiophene rings is 1. The fourth-order valence-corrected chi connectivity index (χ4v) is 4.08. The van der Waals surface area contributed by atoms with E-state index < -0.39 is 0 Å². The average molecular weight is 266 g/mol. The van der Waals surface area contributed by atoms with Crippen molar-refractivity contribution in [1.82, 2.24) is 4.90 Å². The SMILES string of the molecule is Cc1cc(C(CN)N2CCC(C(C)C)C2)c(C)s1. The lowest BCUT2D eigenvalue weighted by Crippen LogP contribution is -2.32. The van der Waals surface area contributed by atoms with Crippen LogP contribution in [0.4, 0.5) is 0 Å². The zero-order chi connectivity index (χ0) is 13.3. The summed E-state index contributed by atoms with van der Waals surface area (Å²) in [4.78, 5) is 5.44. The minimum absolute atomic E-state index is 0.429. The Morgan fingerprint density at radius 2 is 2.17 bits per heavy atom. The first-order chi connectivity index (χ1) is 8.52. The van der Waals surface area contributed by atoms with Crippen LogP contribution in [-0.4, -0.2) is 24.5 Å². The van der Waals surface area contributed by atoms with Gasteiger partial charge in [0.1, 0.15) is 0 Å². The zero-order valence-electron chi connectivity index (χ0n) is 12.1. The van der Waals surface area contributed by atoms with E-state index in [0.717, 1.165) is 18.4 Å². The van der Waals surface area contributed by atoms with Crippen molar-refractivity contribution in [3.8, 4) is 0 Å². The molecular weight excluding hydrogens is 240 g/mol. The molecule has 2 unspecified atom stereocenters. The van der Waals surface area contributed by atoms with Gasteiger partial charge in [0.15, 0.2) is 0 Å². The predicted molar refractivity (Wildman–Crippen MR) is 80.1 cm³/mol. The first kappa shape index (κ1) is 14.0. The maximum atomic E-state index is 6.05. The van der Waals surface area contributed by atoms with Crippen molar-refractivity contribution < 1.29 is 0 Å². The van der Waals surface area contributed by atoms with Crippen LogP contribution in [-0.2, 0) is 0 Å². The van der Waals surface area contributed by atoms with Crippen molar-refractivity contribution in [2.45, 2.75) is 40.2 Å². The van der Waals surface area contributed by atoms with Crippen LogP contribution in [0.25, 0.3) is 0 Å². The van der Waals surface area contributed by atoms with Gasteiger partial charge >= 0.3 is 0 Å². The topological polar surface area (TPSA) is 29.3 Å². The highest BCUT2D eigenvalue weighted by Crippen LogP contribution is 2.34. The van der Waals surface area contributed by atoms with E-state index in [1.54, 1.807) is 0 Å². The van der Waals surface area contributed by atoms with E-state index in [2.05, 4.69) is 38.7 Å². The number of aryl methyl sites for hydroxylation is 2. The summed E-state index contributed by atoms with van der Waals surface area (Å²) in [6, 6.07) is 2.76. The molecule has 0 radical (unpaired) electrons. The van der Waals surface area contributed by atoms with Gasteiger partial charge in [-0.25, -0.2) is 0 Å². The molecule has 2 nitrogen and oxygen atoms in total. The monoisotopic (exact) mass is 266 g/mol. The molecule has 2 rings (SSSR count). The lowest BCUT2D eigenvalue weighted by atomic mass is 9.95. The third-order valence-electron chi connectivity index (χ3n) is 4.30. The van der Waals surface area contributed by atoms with Crippen LogP contribution in [0.15, 0.2) is 6.07 Å². The first-order valence-corrected chi connectivity index (χ1v) is 7.85. The van der Waals surface area contributed by atoms with Crippen LogP contribution in [0, 0.1) is 25.7 Å². The van der Waals surface area contributed by atoms with Crippen LogP contribution in [0.1, 0.15) is 41.6 Å². The van der Waals surface area contributed by atoms with Gasteiger partial charge in [-0.1, -0.05) is 13.8 Å². The molecule has 1 aromatic rings. The summed E-state index contributed by atoms with van der Waals surface area (Å²) in [5.74, 6) is 1.64. The van der Waals surface area contributed by atoms with Gasteiger partial charge in [-0.15, -0.1) is 11.3 Å². The highest BCUT2D eigenvalue weighted by atomic mass is 32.1. The molecule has 3 heteroatoms. The number of hydrogen-bond acceptors (Lipinski definition) is 3. The van der Waals surface area contributed by atoms with Crippen molar-refractivity contribution >= 4 is 11.3 Å². The fourth-order valence-electron chi connectivity index (χ4n) is 3.10. The standard InChI is InChI=1S/C15H26N2S/c1-10(2)13-5-6-17(9-13)15(8-16)14-7-11(3)18-12(14)4/h7,10,13,15H,5-6,8-9,16H2,1-4H3. The van der Waals surface area contributed by atoms with Gasteiger partial charge in [0.05, 0.1) is 0 Å². The third kappa shape index (κ3) is 2.79. The van der Waals surface area contributed by atoms with E-state index in [9.17, 15) is 0 Å². The largest absolute Gasteiger partial charge is 0.329 e. The van der Waals surface area contributed by atoms with Gasteiger partial charge in [-0.2, -0.15) is 0 Å². The van der Waals surface area contributed by atoms with Crippen LogP contribution in [0.3, 0.4) is 0 Å². The second-order valence-corrected chi connectivity index (χ2v) is 7.37. The molecule has 1 fully saturated rings. The summed E-state index contributed by atoms with van der Waals surface area (Å²) in [7, 11) is 0. The molecule has 0 aromatic carbocycles. The molecule has 102 valence electrons. The molecule has 2 N–H and O–H groups in total. The minimum Gasteiger partial charge on any atom is -0.329 e. The Morgan fingerprint density at radius 1 is 1.44 bits per heavy atom. The molecule has 1 aromatic heterocycles. The van der Waals surface area contributed by atoms with Gasteiger partial charge < -0.3 is 5.73 Å². The smallest absolute Gasteiger partial charge is 0.0481 e. The zero-order valence-corrected chi connectivity index (χ0v) is 12.9. The lowest BCUT2D eigenvalue weighted by Gasteiger charge is -2.27. The van der Waals surface area contributed by atoms with Gasteiger partial charge in [-0.3, -0.25) is 4.90 Å². The molecule has 1 aliphatic heterocycles. The van der Waals surface area contributed by atoms with Crippen LogP contribution < -0.4 is 5.73 Å². The molecule has 0 bridgehead atoms. The molecular formula is C15H26N2S. The first-order valence-electron chi connectivity index (χ1n) is 7.04. The third-order valence-corrected chi connectivity index (χ3v) is 5.28. The predicted octanol–water partition coefficient (Wildman–Crippen LogP) is 3.34. The van der Waals surface area contributed by atoms with E-state index >= 15 is 0 Å². The van der Waals surface area contributed by atoms with Gasteiger partial charge in [-0.05, 0) is 50.3 Å². The lowest BCUT2D eigenvalue weighted by molar-refractivity contribution is 0.232. The number of hydrogen-bond donors (Lipinski definition) is 1. The summed E-state index contributed by atoms with van der Waals surface area (Å²) < 4.78 is 0. The Kier molecular flexibility index (Phi) is 4.46.